The average Bonchev–Trinajstić information content (AvgIpc) is 2.73. The molecule has 12 heteroatoms. The SMILES string of the molecule is CCCNc1nc(Cl)nc(NCCC)n1.CCCNc1nc(Cl)nc(NCCC)n1. The summed E-state index contributed by atoms with van der Waals surface area (Å²) < 4.78 is 0. The van der Waals surface area contributed by atoms with Gasteiger partial charge in [-0.15, -0.1) is 0 Å². The van der Waals surface area contributed by atoms with Crippen LogP contribution in [0.25, 0.3) is 0 Å². The maximum atomic E-state index is 5.77. The van der Waals surface area contributed by atoms with Crippen molar-refractivity contribution in [3.63, 3.8) is 0 Å². The van der Waals surface area contributed by atoms with E-state index >= 15 is 0 Å². The maximum absolute atomic E-state index is 5.77. The number of aromatic nitrogens is 6. The Morgan fingerprint density at radius 1 is 0.467 bits per heavy atom. The highest BCUT2D eigenvalue weighted by Gasteiger charge is 2.04. The van der Waals surface area contributed by atoms with Crippen molar-refractivity contribution in [2.24, 2.45) is 0 Å². The molecule has 2 aromatic rings. The summed E-state index contributed by atoms with van der Waals surface area (Å²) in [6, 6.07) is 0. The molecule has 2 heterocycles. The van der Waals surface area contributed by atoms with Gasteiger partial charge in [0.05, 0.1) is 0 Å². The minimum absolute atomic E-state index is 0.210. The molecule has 0 unspecified atom stereocenters. The van der Waals surface area contributed by atoms with Gasteiger partial charge < -0.3 is 21.3 Å². The molecule has 30 heavy (non-hydrogen) atoms. The van der Waals surface area contributed by atoms with E-state index in [1.165, 1.54) is 0 Å². The van der Waals surface area contributed by atoms with Crippen molar-refractivity contribution in [3.8, 4) is 0 Å². The number of nitrogens with zero attached hydrogens (tertiary/aromatic N) is 6. The van der Waals surface area contributed by atoms with Crippen LogP contribution in [0.2, 0.25) is 10.6 Å². The van der Waals surface area contributed by atoms with E-state index in [-0.39, 0.29) is 10.6 Å². The summed E-state index contributed by atoms with van der Waals surface area (Å²) in [5.74, 6) is 2.09. The molecule has 0 aliphatic heterocycles. The largest absolute Gasteiger partial charge is 0.354 e. The van der Waals surface area contributed by atoms with Crippen molar-refractivity contribution in [3.05, 3.63) is 10.6 Å². The Morgan fingerprint density at radius 3 is 0.900 bits per heavy atom. The van der Waals surface area contributed by atoms with Crippen LogP contribution in [0.3, 0.4) is 0 Å². The van der Waals surface area contributed by atoms with Crippen molar-refractivity contribution < 1.29 is 0 Å². The molecule has 0 radical (unpaired) electrons. The molecule has 0 bridgehead atoms. The summed E-state index contributed by atoms with van der Waals surface area (Å²) in [4.78, 5) is 24.2. The topological polar surface area (TPSA) is 125 Å². The molecule has 0 aliphatic rings. The zero-order valence-electron chi connectivity index (χ0n) is 18.1. The first-order chi connectivity index (χ1) is 14.5. The fourth-order valence-electron chi connectivity index (χ4n) is 1.96. The van der Waals surface area contributed by atoms with Crippen molar-refractivity contribution in [1.82, 2.24) is 29.9 Å². The summed E-state index contributed by atoms with van der Waals surface area (Å²) >= 11 is 11.5. The van der Waals surface area contributed by atoms with E-state index in [2.05, 4.69) is 78.9 Å². The molecule has 0 aliphatic carbocycles. The van der Waals surface area contributed by atoms with Crippen LogP contribution in [0.5, 0.6) is 0 Å². The van der Waals surface area contributed by atoms with Crippen molar-refractivity contribution >= 4 is 47.0 Å². The molecule has 168 valence electrons. The van der Waals surface area contributed by atoms with Gasteiger partial charge in [0.25, 0.3) is 0 Å². The minimum atomic E-state index is 0.210. The fraction of sp³-hybridized carbons (Fsp3) is 0.667. The maximum Gasteiger partial charge on any atom is 0.228 e. The molecule has 0 aromatic carbocycles. The van der Waals surface area contributed by atoms with Gasteiger partial charge >= 0.3 is 0 Å². The first-order valence-corrected chi connectivity index (χ1v) is 11.1. The van der Waals surface area contributed by atoms with Gasteiger partial charge in [-0.05, 0) is 48.9 Å². The molecular weight excluding hydrogens is 427 g/mol. The van der Waals surface area contributed by atoms with Gasteiger partial charge in [-0.25, -0.2) is 0 Å². The Morgan fingerprint density at radius 2 is 0.700 bits per heavy atom. The van der Waals surface area contributed by atoms with Crippen LogP contribution in [0.1, 0.15) is 53.4 Å². The van der Waals surface area contributed by atoms with Crippen LogP contribution in [-0.4, -0.2) is 56.1 Å². The van der Waals surface area contributed by atoms with E-state index < -0.39 is 0 Å². The summed E-state index contributed by atoms with van der Waals surface area (Å²) in [6.07, 6.45) is 4.06. The second-order valence-electron chi connectivity index (χ2n) is 6.21. The summed E-state index contributed by atoms with van der Waals surface area (Å²) in [5, 5.41) is 12.7. The second-order valence-corrected chi connectivity index (χ2v) is 6.89. The molecule has 0 amide bonds. The van der Waals surface area contributed by atoms with Crippen LogP contribution < -0.4 is 21.3 Å². The number of anilines is 4. The van der Waals surface area contributed by atoms with Gasteiger partial charge in [0.1, 0.15) is 0 Å². The van der Waals surface area contributed by atoms with Crippen LogP contribution in [0, 0.1) is 0 Å². The Kier molecular flexibility index (Phi) is 13.4. The van der Waals surface area contributed by atoms with Crippen molar-refractivity contribution in [2.45, 2.75) is 53.4 Å². The lowest BCUT2D eigenvalue weighted by Gasteiger charge is -2.06. The molecule has 4 N–H and O–H groups in total. The van der Waals surface area contributed by atoms with Gasteiger partial charge in [-0.1, -0.05) is 27.7 Å². The molecule has 0 spiro atoms. The Bertz CT molecular complexity index is 618. The third-order valence-corrected chi connectivity index (χ3v) is 3.69. The molecule has 0 fully saturated rings. The highest BCUT2D eigenvalue weighted by molar-refractivity contribution is 6.28. The molecule has 10 nitrogen and oxygen atoms in total. The van der Waals surface area contributed by atoms with E-state index in [4.69, 9.17) is 23.2 Å². The number of rotatable bonds is 12. The Labute approximate surface area is 188 Å². The molecule has 2 aromatic heterocycles. The average molecular weight is 459 g/mol. The highest BCUT2D eigenvalue weighted by Crippen LogP contribution is 2.10. The second kappa shape index (κ2) is 15.6. The van der Waals surface area contributed by atoms with Gasteiger partial charge in [0.2, 0.25) is 34.4 Å². The van der Waals surface area contributed by atoms with Crippen LogP contribution in [-0.2, 0) is 0 Å². The van der Waals surface area contributed by atoms with Crippen molar-refractivity contribution in [1.29, 1.82) is 0 Å². The lowest BCUT2D eigenvalue weighted by molar-refractivity contribution is 0.917. The standard InChI is InChI=1S/2C9H16ClN5/c2*1-3-5-11-8-13-7(10)14-9(15-8)12-6-4-2/h2*3-6H2,1-2H3,(H2,11,12,13,14,15). The quantitative estimate of drug-likeness (QED) is 0.364. The lowest BCUT2D eigenvalue weighted by atomic mass is 10.5. The van der Waals surface area contributed by atoms with Gasteiger partial charge in [0.15, 0.2) is 0 Å². The number of hydrogen-bond acceptors (Lipinski definition) is 10. The number of halogens is 2. The van der Waals surface area contributed by atoms with E-state index in [0.717, 1.165) is 51.9 Å². The first-order valence-electron chi connectivity index (χ1n) is 10.3. The smallest absolute Gasteiger partial charge is 0.228 e. The zero-order chi connectivity index (χ0) is 22.2. The van der Waals surface area contributed by atoms with E-state index in [9.17, 15) is 0 Å². The monoisotopic (exact) mass is 458 g/mol. The fourth-order valence-corrected chi connectivity index (χ4v) is 2.28. The molecule has 0 saturated heterocycles. The highest BCUT2D eigenvalue weighted by atomic mass is 35.5. The summed E-state index contributed by atoms with van der Waals surface area (Å²) in [6.45, 7) is 11.6. The summed E-state index contributed by atoms with van der Waals surface area (Å²) in [7, 11) is 0. The Hall–Kier alpha value is -2.20. The number of nitrogens with one attached hydrogen (secondary N) is 4. The molecule has 0 saturated carbocycles. The first kappa shape index (κ1) is 25.8. The van der Waals surface area contributed by atoms with Crippen molar-refractivity contribution in [2.75, 3.05) is 47.4 Å². The molecule has 2 rings (SSSR count). The van der Waals surface area contributed by atoms with Crippen LogP contribution >= 0.6 is 23.2 Å². The lowest BCUT2D eigenvalue weighted by Crippen LogP contribution is -2.10. The van der Waals surface area contributed by atoms with Gasteiger partial charge in [-0.2, -0.15) is 29.9 Å². The number of hydrogen-bond donors (Lipinski definition) is 4. The third-order valence-electron chi connectivity index (χ3n) is 3.35. The van der Waals surface area contributed by atoms with E-state index in [1.54, 1.807) is 0 Å². The normalized spacial score (nSPS) is 10.1. The zero-order valence-corrected chi connectivity index (χ0v) is 19.6. The molecule has 0 atom stereocenters. The summed E-state index contributed by atoms with van der Waals surface area (Å²) in [5.41, 5.74) is 0. The predicted octanol–water partition coefficient (Wildman–Crippen LogP) is 4.34. The minimum Gasteiger partial charge on any atom is -0.354 e. The van der Waals surface area contributed by atoms with Crippen LogP contribution in [0.4, 0.5) is 23.8 Å². The molecular formula is C18H32Cl2N10. The van der Waals surface area contributed by atoms with Gasteiger partial charge in [-0.3, -0.25) is 0 Å². The Balaban J connectivity index is 0.000000300. The van der Waals surface area contributed by atoms with Gasteiger partial charge in [0, 0.05) is 26.2 Å². The predicted molar refractivity (Wildman–Crippen MR) is 125 cm³/mol. The van der Waals surface area contributed by atoms with Crippen LogP contribution in [0.15, 0.2) is 0 Å². The third kappa shape index (κ3) is 11.1. The van der Waals surface area contributed by atoms with E-state index in [0.29, 0.717) is 23.8 Å². The van der Waals surface area contributed by atoms with E-state index in [1.807, 2.05) is 0 Å².